The van der Waals surface area contributed by atoms with Gasteiger partial charge in [0.1, 0.15) is 23.9 Å². The molecule has 2 aromatic carbocycles. The molecule has 0 aliphatic heterocycles. The summed E-state index contributed by atoms with van der Waals surface area (Å²) in [5.74, 6) is -3.26. The minimum atomic E-state index is -0.728. The van der Waals surface area contributed by atoms with E-state index in [1.807, 2.05) is 0 Å². The van der Waals surface area contributed by atoms with Crippen LogP contribution >= 0.6 is 0 Å². The maximum Gasteiger partial charge on any atom is 0.302 e. The second-order valence-electron chi connectivity index (χ2n) is 5.36. The Morgan fingerprint density at radius 3 is 2.12 bits per heavy atom. The molecule has 0 fully saturated rings. The molecule has 7 heteroatoms. The number of hydrogen-bond donors (Lipinski definition) is 3. The van der Waals surface area contributed by atoms with Gasteiger partial charge >= 0.3 is 5.97 Å². The summed E-state index contributed by atoms with van der Waals surface area (Å²) in [5, 5.41) is 29.5. The molecule has 0 spiro atoms. The van der Waals surface area contributed by atoms with Crippen LogP contribution < -0.4 is 0 Å². The highest BCUT2D eigenvalue weighted by Crippen LogP contribution is 2.39. The zero-order valence-corrected chi connectivity index (χ0v) is 12.5. The normalized spacial score (nSPS) is 12.5. The van der Waals surface area contributed by atoms with E-state index in [-0.39, 0.29) is 34.6 Å². The second-order valence-corrected chi connectivity index (χ2v) is 5.36. The number of hydrogen-bond acceptors (Lipinski definition) is 7. The van der Waals surface area contributed by atoms with Crippen molar-refractivity contribution in [1.29, 1.82) is 0 Å². The minimum absolute atomic E-state index is 0.0837. The summed E-state index contributed by atoms with van der Waals surface area (Å²) >= 11 is 0. The van der Waals surface area contributed by atoms with Gasteiger partial charge in [-0.05, 0) is 23.8 Å². The first-order valence-electron chi connectivity index (χ1n) is 6.94. The van der Waals surface area contributed by atoms with Crippen molar-refractivity contribution in [3.05, 3.63) is 52.1 Å². The molecule has 0 heterocycles. The van der Waals surface area contributed by atoms with Gasteiger partial charge in [-0.15, -0.1) is 0 Å². The van der Waals surface area contributed by atoms with Crippen molar-refractivity contribution < 1.29 is 34.4 Å². The van der Waals surface area contributed by atoms with Crippen molar-refractivity contribution in [3.8, 4) is 17.2 Å². The fraction of sp³-hybridized carbons (Fsp3) is 0.118. The molecule has 0 atom stereocenters. The number of ketones is 2. The molecule has 0 unspecified atom stereocenters. The number of fused-ring (bicyclic) bond motifs is 2. The van der Waals surface area contributed by atoms with Crippen LogP contribution in [0.4, 0.5) is 0 Å². The van der Waals surface area contributed by atoms with Crippen LogP contribution in [0.25, 0.3) is 0 Å². The fourth-order valence-electron chi connectivity index (χ4n) is 2.67. The Morgan fingerprint density at radius 2 is 1.50 bits per heavy atom. The van der Waals surface area contributed by atoms with Crippen LogP contribution in [0.5, 0.6) is 17.2 Å². The summed E-state index contributed by atoms with van der Waals surface area (Å²) in [5.41, 5.74) is -0.419. The third-order valence-corrected chi connectivity index (χ3v) is 3.67. The predicted octanol–water partition coefficient (Wildman–Crippen LogP) is 1.64. The van der Waals surface area contributed by atoms with E-state index >= 15 is 0 Å². The van der Waals surface area contributed by atoms with Crippen molar-refractivity contribution in [2.45, 2.75) is 13.5 Å². The maximum absolute atomic E-state index is 12.6. The average molecular weight is 328 g/mol. The van der Waals surface area contributed by atoms with E-state index < -0.39 is 29.0 Å². The lowest BCUT2D eigenvalue weighted by molar-refractivity contribution is -0.142. The average Bonchev–Trinajstić information content (AvgIpc) is 2.49. The van der Waals surface area contributed by atoms with Gasteiger partial charge in [-0.3, -0.25) is 14.4 Å². The lowest BCUT2D eigenvalue weighted by Crippen LogP contribution is -2.21. The van der Waals surface area contributed by atoms with Crippen LogP contribution in [0, 0.1) is 0 Å². The summed E-state index contributed by atoms with van der Waals surface area (Å²) in [7, 11) is 0. The van der Waals surface area contributed by atoms with Gasteiger partial charge in [-0.25, -0.2) is 0 Å². The molecule has 2 aromatic rings. The molecule has 0 bridgehead atoms. The van der Waals surface area contributed by atoms with Gasteiger partial charge in [0.15, 0.2) is 5.78 Å². The largest absolute Gasteiger partial charge is 0.508 e. The second kappa shape index (κ2) is 5.38. The fourth-order valence-corrected chi connectivity index (χ4v) is 2.67. The Balaban J connectivity index is 2.17. The lowest BCUT2D eigenvalue weighted by atomic mass is 9.82. The van der Waals surface area contributed by atoms with Gasteiger partial charge in [0.2, 0.25) is 5.78 Å². The standard InChI is InChI=1S/C17H12O7/c1-7(18)24-6-8-2-10-14(12(20)3-8)17(23)15-11(16(10)22)4-9(19)5-13(15)21/h2-5,19-21H,6H2,1H3. The van der Waals surface area contributed by atoms with E-state index in [1.54, 1.807) is 0 Å². The molecule has 1 aliphatic rings. The summed E-state index contributed by atoms with van der Waals surface area (Å²) < 4.78 is 4.82. The molecule has 0 amide bonds. The summed E-state index contributed by atoms with van der Waals surface area (Å²) in [6.45, 7) is 1.05. The molecule has 3 N–H and O–H groups in total. The molecule has 122 valence electrons. The topological polar surface area (TPSA) is 121 Å². The Kier molecular flexibility index (Phi) is 3.48. The molecule has 24 heavy (non-hydrogen) atoms. The van der Waals surface area contributed by atoms with Gasteiger partial charge in [0.25, 0.3) is 0 Å². The van der Waals surface area contributed by atoms with Crippen LogP contribution in [0.1, 0.15) is 44.3 Å². The molecule has 3 rings (SSSR count). The highest BCUT2D eigenvalue weighted by Gasteiger charge is 2.35. The van der Waals surface area contributed by atoms with E-state index in [0.29, 0.717) is 5.56 Å². The molecule has 0 aromatic heterocycles. The van der Waals surface area contributed by atoms with Crippen molar-refractivity contribution >= 4 is 17.5 Å². The van der Waals surface area contributed by atoms with Gasteiger partial charge in [0, 0.05) is 24.1 Å². The van der Waals surface area contributed by atoms with Crippen molar-refractivity contribution in [1.82, 2.24) is 0 Å². The number of phenolic OH excluding ortho intramolecular Hbond substituents is 3. The van der Waals surface area contributed by atoms with Gasteiger partial charge in [-0.1, -0.05) is 0 Å². The van der Waals surface area contributed by atoms with Crippen LogP contribution in [-0.2, 0) is 16.1 Å². The van der Waals surface area contributed by atoms with Gasteiger partial charge in [-0.2, -0.15) is 0 Å². The molecule has 0 radical (unpaired) electrons. The first-order valence-corrected chi connectivity index (χ1v) is 6.94. The third kappa shape index (κ3) is 2.36. The summed E-state index contributed by atoms with van der Waals surface area (Å²) in [6.07, 6.45) is 0. The Bertz CT molecular complexity index is 912. The van der Waals surface area contributed by atoms with Gasteiger partial charge in [0.05, 0.1) is 11.1 Å². The minimum Gasteiger partial charge on any atom is -0.508 e. The molecule has 1 aliphatic carbocycles. The first kappa shape index (κ1) is 15.5. The highest BCUT2D eigenvalue weighted by molar-refractivity contribution is 6.30. The molecular formula is C17H12O7. The number of rotatable bonds is 2. The van der Waals surface area contributed by atoms with Crippen molar-refractivity contribution in [3.63, 3.8) is 0 Å². The Morgan fingerprint density at radius 1 is 0.917 bits per heavy atom. The van der Waals surface area contributed by atoms with Crippen molar-refractivity contribution in [2.24, 2.45) is 0 Å². The number of ether oxygens (including phenoxy) is 1. The number of carbonyl (C=O) groups excluding carboxylic acids is 3. The highest BCUT2D eigenvalue weighted by atomic mass is 16.5. The van der Waals surface area contributed by atoms with Crippen LogP contribution in [0.2, 0.25) is 0 Å². The molecule has 0 saturated heterocycles. The van der Waals surface area contributed by atoms with Crippen LogP contribution in [-0.4, -0.2) is 32.9 Å². The number of aromatic hydroxyl groups is 3. The smallest absolute Gasteiger partial charge is 0.302 e. The monoisotopic (exact) mass is 328 g/mol. The van der Waals surface area contributed by atoms with Gasteiger partial charge < -0.3 is 20.1 Å². The van der Waals surface area contributed by atoms with E-state index in [9.17, 15) is 29.7 Å². The van der Waals surface area contributed by atoms with E-state index in [4.69, 9.17) is 4.74 Å². The van der Waals surface area contributed by atoms with Crippen LogP contribution in [0.15, 0.2) is 24.3 Å². The van der Waals surface area contributed by atoms with E-state index in [2.05, 4.69) is 0 Å². The molecule has 0 saturated carbocycles. The third-order valence-electron chi connectivity index (χ3n) is 3.67. The Hall–Kier alpha value is -3.35. The zero-order valence-electron chi connectivity index (χ0n) is 12.5. The Labute approximate surface area is 135 Å². The SMILES string of the molecule is CC(=O)OCc1cc(O)c2c(c1)C(=O)c1cc(O)cc(O)c1C2=O. The number of phenols is 3. The quantitative estimate of drug-likeness (QED) is 0.611. The summed E-state index contributed by atoms with van der Waals surface area (Å²) in [4.78, 5) is 36.0. The summed E-state index contributed by atoms with van der Waals surface area (Å²) in [6, 6.07) is 4.58. The first-order chi connectivity index (χ1) is 11.3. The maximum atomic E-state index is 12.6. The number of carbonyl (C=O) groups is 3. The van der Waals surface area contributed by atoms with E-state index in [0.717, 1.165) is 12.1 Å². The van der Waals surface area contributed by atoms with Crippen LogP contribution in [0.3, 0.4) is 0 Å². The van der Waals surface area contributed by atoms with E-state index in [1.165, 1.54) is 19.1 Å². The predicted molar refractivity (Wildman–Crippen MR) is 80.2 cm³/mol. The zero-order chi connectivity index (χ0) is 17.6. The van der Waals surface area contributed by atoms with Crippen molar-refractivity contribution in [2.75, 3.05) is 0 Å². The molecular weight excluding hydrogens is 316 g/mol. The number of esters is 1. The lowest BCUT2D eigenvalue weighted by Gasteiger charge is -2.20. The number of benzene rings is 2. The molecule has 7 nitrogen and oxygen atoms in total.